The molecule has 0 spiro atoms. The molecule has 3 aromatic carbocycles. The van der Waals surface area contributed by atoms with Crippen LogP contribution in [0.5, 0.6) is 0 Å². The summed E-state index contributed by atoms with van der Waals surface area (Å²) in [5.74, 6) is 0.530. The van der Waals surface area contributed by atoms with Gasteiger partial charge >= 0.3 is 0 Å². The Balaban J connectivity index is 0.00000152. The highest BCUT2D eigenvalue weighted by Gasteiger charge is 2.18. The first-order valence-corrected chi connectivity index (χ1v) is 21.2. The van der Waals surface area contributed by atoms with Crippen LogP contribution in [0.1, 0.15) is 17.5 Å². The highest BCUT2D eigenvalue weighted by atomic mass is 32.2. The van der Waals surface area contributed by atoms with Gasteiger partial charge in [-0.2, -0.15) is 27.2 Å². The van der Waals surface area contributed by atoms with E-state index < -0.39 is 30.1 Å². The number of nitrogens with one attached hydrogen (secondary N) is 2. The minimum Gasteiger partial charge on any atom is -0.385 e. The molecule has 1 heterocycles. The number of hydrogen-bond acceptors (Lipinski definition) is 16. The number of pyridine rings is 1. The average molecular weight is 817 g/mol. The summed E-state index contributed by atoms with van der Waals surface area (Å²) >= 11 is 0. The molecule has 0 atom stereocenters. The predicted octanol–water partition coefficient (Wildman–Crippen LogP) is 6.43. The molecule has 18 nitrogen and oxygen atoms in total. The smallest absolute Gasteiger partial charge is 0.294 e. The number of sulfone groups is 1. The van der Waals surface area contributed by atoms with E-state index in [4.69, 9.17) is 14.0 Å². The van der Waals surface area contributed by atoms with Crippen molar-refractivity contribution in [1.29, 1.82) is 5.26 Å². The van der Waals surface area contributed by atoms with Gasteiger partial charge in [-0.3, -0.25) is 9.11 Å². The van der Waals surface area contributed by atoms with Gasteiger partial charge in [0.25, 0.3) is 20.2 Å². The van der Waals surface area contributed by atoms with Gasteiger partial charge in [-0.1, -0.05) is 30.8 Å². The first kappa shape index (κ1) is 44.2. The van der Waals surface area contributed by atoms with Gasteiger partial charge in [0.05, 0.1) is 52.7 Å². The van der Waals surface area contributed by atoms with Crippen molar-refractivity contribution >= 4 is 75.2 Å². The molecule has 0 aliphatic heterocycles. The molecular formula is C34H40N8O10S3. The van der Waals surface area contributed by atoms with Crippen LogP contribution in [-0.4, -0.2) is 91.4 Å². The standard InChI is InChI=1S/C33H36N8O7S2.CH4O3S/c1-4-49(42,43)21-20-48-19-17-36-33-31(23(2)28(22-34)32(37-33)35-16-7-18-47-3)41-40-30-15-14-29(26-8-5-6-9-27(26)30)39-38-24-10-12-25(13-11-24)50(44,45)46;1-5(2,3)4/h4-6,8-15H,1,7,16-21H2,2-3H3,(H2,35,36,37)(H,44,45,46);1H3,(H,2,3,4). The molecule has 4 aromatic rings. The zero-order chi connectivity index (χ0) is 40.6. The molecule has 0 aliphatic rings. The lowest BCUT2D eigenvalue weighted by molar-refractivity contribution is 0.159. The van der Waals surface area contributed by atoms with Crippen molar-refractivity contribution in [3.05, 3.63) is 83.8 Å². The summed E-state index contributed by atoms with van der Waals surface area (Å²) in [4.78, 5) is 4.40. The molecule has 0 unspecified atom stereocenters. The lowest BCUT2D eigenvalue weighted by Crippen LogP contribution is -2.16. The quantitative estimate of drug-likeness (QED) is 0.0479. The summed E-state index contributed by atoms with van der Waals surface area (Å²) in [7, 11) is -9.76. The van der Waals surface area contributed by atoms with Crippen LogP contribution in [0, 0.1) is 18.3 Å². The Labute approximate surface area is 319 Å². The second-order valence-electron chi connectivity index (χ2n) is 11.4. The highest BCUT2D eigenvalue weighted by Crippen LogP contribution is 2.38. The molecule has 4 N–H and O–H groups in total. The second kappa shape index (κ2) is 20.5. The lowest BCUT2D eigenvalue weighted by Gasteiger charge is -2.16. The average Bonchev–Trinajstić information content (AvgIpc) is 3.13. The van der Waals surface area contributed by atoms with E-state index in [2.05, 4.69) is 48.7 Å². The Morgan fingerprint density at radius 3 is 1.96 bits per heavy atom. The topological polar surface area (TPSA) is 272 Å². The number of azo groups is 2. The van der Waals surface area contributed by atoms with Crippen molar-refractivity contribution in [2.75, 3.05) is 62.7 Å². The fourth-order valence-electron chi connectivity index (χ4n) is 4.57. The highest BCUT2D eigenvalue weighted by molar-refractivity contribution is 7.94. The van der Waals surface area contributed by atoms with E-state index in [0.29, 0.717) is 76.7 Å². The van der Waals surface area contributed by atoms with Gasteiger partial charge in [0.15, 0.2) is 15.7 Å². The molecule has 0 bridgehead atoms. The van der Waals surface area contributed by atoms with Gasteiger partial charge in [0.2, 0.25) is 0 Å². The summed E-state index contributed by atoms with van der Waals surface area (Å²) < 4.78 is 91.7. The molecule has 0 amide bonds. The molecule has 1 aromatic heterocycles. The molecule has 0 radical (unpaired) electrons. The van der Waals surface area contributed by atoms with Gasteiger partial charge in [0.1, 0.15) is 17.6 Å². The van der Waals surface area contributed by atoms with E-state index in [1.807, 2.05) is 24.3 Å². The van der Waals surface area contributed by atoms with E-state index in [0.717, 1.165) is 10.8 Å². The van der Waals surface area contributed by atoms with Crippen LogP contribution in [0.3, 0.4) is 0 Å². The third kappa shape index (κ3) is 14.5. The fourth-order valence-corrected chi connectivity index (χ4v) is 5.57. The number of nitrogens with zero attached hydrogens (tertiary/aromatic N) is 6. The van der Waals surface area contributed by atoms with Gasteiger partial charge in [0, 0.05) is 48.6 Å². The van der Waals surface area contributed by atoms with E-state index in [-0.39, 0.29) is 30.4 Å². The molecule has 21 heteroatoms. The van der Waals surface area contributed by atoms with Gasteiger partial charge < -0.3 is 20.1 Å². The first-order chi connectivity index (χ1) is 26.0. The monoisotopic (exact) mass is 816 g/mol. The van der Waals surface area contributed by atoms with Crippen molar-refractivity contribution in [1.82, 2.24) is 4.98 Å². The third-order valence-electron chi connectivity index (χ3n) is 7.19. The van der Waals surface area contributed by atoms with Crippen molar-refractivity contribution in [3.63, 3.8) is 0 Å². The number of ether oxygens (including phenoxy) is 2. The van der Waals surface area contributed by atoms with Crippen LogP contribution >= 0.6 is 0 Å². The molecule has 0 aliphatic carbocycles. The van der Waals surface area contributed by atoms with Crippen LogP contribution in [-0.2, 0) is 39.5 Å². The van der Waals surface area contributed by atoms with Crippen molar-refractivity contribution < 1.29 is 43.8 Å². The summed E-state index contributed by atoms with van der Waals surface area (Å²) in [6, 6.07) is 18.3. The summed E-state index contributed by atoms with van der Waals surface area (Å²) in [5.41, 5.74) is 2.59. The maximum Gasteiger partial charge on any atom is 0.294 e. The number of nitriles is 1. The van der Waals surface area contributed by atoms with E-state index >= 15 is 0 Å². The van der Waals surface area contributed by atoms with E-state index in [9.17, 15) is 35.1 Å². The lowest BCUT2D eigenvalue weighted by atomic mass is 10.1. The van der Waals surface area contributed by atoms with Crippen LogP contribution < -0.4 is 10.6 Å². The molecule has 0 fully saturated rings. The maximum absolute atomic E-state index is 11.7. The third-order valence-corrected chi connectivity index (χ3v) is 9.30. The Morgan fingerprint density at radius 1 is 0.836 bits per heavy atom. The summed E-state index contributed by atoms with van der Waals surface area (Å²) in [6.45, 7) is 6.53. The van der Waals surface area contributed by atoms with Crippen LogP contribution in [0.15, 0.2) is 98.0 Å². The Morgan fingerprint density at radius 2 is 1.42 bits per heavy atom. The van der Waals surface area contributed by atoms with Gasteiger partial charge in [-0.25, -0.2) is 13.4 Å². The minimum atomic E-state index is -4.33. The fraction of sp³-hybridized carbons (Fsp3) is 0.294. The van der Waals surface area contributed by atoms with Crippen LogP contribution in [0.25, 0.3) is 10.8 Å². The number of methoxy groups -OCH3 is 1. The maximum atomic E-state index is 11.7. The van der Waals surface area contributed by atoms with Crippen LogP contribution in [0.4, 0.5) is 34.4 Å². The number of rotatable bonds is 18. The second-order valence-corrected chi connectivity index (χ2v) is 16.3. The molecule has 294 valence electrons. The zero-order valence-corrected chi connectivity index (χ0v) is 32.5. The number of benzene rings is 3. The van der Waals surface area contributed by atoms with Gasteiger partial charge in [-0.05, 0) is 49.7 Å². The predicted molar refractivity (Wildman–Crippen MR) is 208 cm³/mol. The zero-order valence-electron chi connectivity index (χ0n) is 30.1. The largest absolute Gasteiger partial charge is 0.385 e. The number of hydrogen-bond donors (Lipinski definition) is 4. The van der Waals surface area contributed by atoms with E-state index in [1.165, 1.54) is 24.3 Å². The van der Waals surface area contributed by atoms with Crippen molar-refractivity contribution in [3.8, 4) is 6.07 Å². The van der Waals surface area contributed by atoms with Gasteiger partial charge in [-0.15, -0.1) is 15.3 Å². The normalized spacial score (nSPS) is 12.0. The Hall–Kier alpha value is -5.21. The summed E-state index contributed by atoms with van der Waals surface area (Å²) in [6.07, 6.45) is 1.41. The van der Waals surface area contributed by atoms with Crippen LogP contribution in [0.2, 0.25) is 0 Å². The van der Waals surface area contributed by atoms with E-state index in [1.54, 1.807) is 26.2 Å². The first-order valence-electron chi connectivity index (χ1n) is 16.2. The molecule has 0 saturated heterocycles. The minimum absolute atomic E-state index is 0.00229. The number of fused-ring (bicyclic) bond motifs is 1. The molecule has 0 saturated carbocycles. The Kier molecular flexibility index (Phi) is 16.4. The molecule has 4 rings (SSSR count). The number of anilines is 2. The summed E-state index contributed by atoms with van der Waals surface area (Å²) in [5, 5.41) is 36.4. The molecule has 55 heavy (non-hydrogen) atoms. The SMILES string of the molecule is C=CS(=O)(=O)CCOCCNc1nc(NCCCOC)c(C#N)c(C)c1N=Nc1ccc(N=Nc2ccc(S(=O)(=O)O)cc2)c2ccccc12.CS(=O)(=O)O. The van der Waals surface area contributed by atoms with Crippen molar-refractivity contribution in [2.24, 2.45) is 20.5 Å². The number of aromatic nitrogens is 1. The van der Waals surface area contributed by atoms with Crippen molar-refractivity contribution in [2.45, 2.75) is 18.2 Å². The molecular weight excluding hydrogens is 777 g/mol. The Bertz CT molecular complexity index is 2390.